The van der Waals surface area contributed by atoms with Crippen molar-refractivity contribution in [3.05, 3.63) is 57.7 Å². The van der Waals surface area contributed by atoms with Gasteiger partial charge in [0.15, 0.2) is 0 Å². The molecule has 0 aliphatic rings. The van der Waals surface area contributed by atoms with Crippen LogP contribution in [0.4, 0.5) is 0 Å². The van der Waals surface area contributed by atoms with E-state index in [2.05, 4.69) is 39.1 Å². The van der Waals surface area contributed by atoms with Gasteiger partial charge in [-0.25, -0.2) is 0 Å². The molecule has 1 aromatic carbocycles. The van der Waals surface area contributed by atoms with Crippen LogP contribution >= 0.6 is 27.3 Å². The highest BCUT2D eigenvalue weighted by Crippen LogP contribution is 2.23. The van der Waals surface area contributed by atoms with Gasteiger partial charge in [0.2, 0.25) is 11.8 Å². The van der Waals surface area contributed by atoms with Gasteiger partial charge in [-0.1, -0.05) is 47.1 Å². The molecule has 148 valence electrons. The van der Waals surface area contributed by atoms with Crippen LogP contribution < -0.4 is 0 Å². The predicted molar refractivity (Wildman–Crippen MR) is 114 cm³/mol. The second-order valence-electron chi connectivity index (χ2n) is 6.56. The molecule has 3 rings (SSSR count). The first kappa shape index (κ1) is 20.7. The fourth-order valence-corrected chi connectivity index (χ4v) is 3.90. The first-order valence-corrected chi connectivity index (χ1v) is 10.8. The highest BCUT2D eigenvalue weighted by Gasteiger charge is 2.19. The third kappa shape index (κ3) is 5.50. The Kier molecular flexibility index (Phi) is 7.36. The Morgan fingerprint density at radius 3 is 2.71 bits per heavy atom. The van der Waals surface area contributed by atoms with E-state index in [0.29, 0.717) is 38.0 Å². The minimum absolute atomic E-state index is 0.0484. The number of halogens is 1. The number of amides is 1. The van der Waals surface area contributed by atoms with E-state index in [9.17, 15) is 4.79 Å². The molecule has 2 aromatic heterocycles. The summed E-state index contributed by atoms with van der Waals surface area (Å²) < 4.78 is 6.79. The van der Waals surface area contributed by atoms with Crippen LogP contribution in [-0.4, -0.2) is 46.0 Å². The Morgan fingerprint density at radius 2 is 2.00 bits per heavy atom. The number of benzene rings is 1. The summed E-state index contributed by atoms with van der Waals surface area (Å²) in [6.45, 7) is 4.05. The van der Waals surface area contributed by atoms with E-state index in [4.69, 9.17) is 4.42 Å². The average Bonchev–Trinajstić information content (AvgIpc) is 3.34. The van der Waals surface area contributed by atoms with Crippen molar-refractivity contribution in [1.29, 1.82) is 0 Å². The number of nitrogens with zero attached hydrogens (tertiary/aromatic N) is 4. The molecule has 0 aliphatic heterocycles. The zero-order valence-corrected chi connectivity index (χ0v) is 18.4. The largest absolute Gasteiger partial charge is 0.418 e. The second-order valence-corrected chi connectivity index (χ2v) is 8.36. The highest BCUT2D eigenvalue weighted by molar-refractivity contribution is 9.10. The summed E-state index contributed by atoms with van der Waals surface area (Å²) >= 11 is 5.11. The topological polar surface area (TPSA) is 62.5 Å². The van der Waals surface area contributed by atoms with Crippen molar-refractivity contribution >= 4 is 33.2 Å². The van der Waals surface area contributed by atoms with Crippen LogP contribution in [0, 0.1) is 0 Å². The first-order valence-electron chi connectivity index (χ1n) is 9.12. The summed E-state index contributed by atoms with van der Waals surface area (Å²) in [4.78, 5) is 17.6. The SMILES string of the molecule is CCCN(Cc1nnc(-c2cccs2)o1)C(=O)CN(C)Cc1ccccc1Br. The molecule has 0 spiro atoms. The zero-order valence-electron chi connectivity index (χ0n) is 16.0. The number of hydrogen-bond acceptors (Lipinski definition) is 6. The lowest BCUT2D eigenvalue weighted by Crippen LogP contribution is -2.39. The van der Waals surface area contributed by atoms with Gasteiger partial charge in [0, 0.05) is 17.6 Å². The minimum Gasteiger partial charge on any atom is -0.418 e. The normalized spacial score (nSPS) is 11.1. The predicted octanol–water partition coefficient (Wildman–Crippen LogP) is 4.43. The number of carbonyl (C=O) groups excluding carboxylic acids is 1. The molecule has 0 radical (unpaired) electrons. The van der Waals surface area contributed by atoms with Gasteiger partial charge in [-0.05, 0) is 36.5 Å². The number of carbonyl (C=O) groups is 1. The fraction of sp³-hybridized carbons (Fsp3) is 0.350. The van der Waals surface area contributed by atoms with Crippen LogP contribution in [0.5, 0.6) is 0 Å². The summed E-state index contributed by atoms with van der Waals surface area (Å²) in [5.41, 5.74) is 1.15. The van der Waals surface area contributed by atoms with E-state index in [1.54, 1.807) is 16.2 Å². The maximum atomic E-state index is 12.8. The lowest BCUT2D eigenvalue weighted by atomic mass is 10.2. The minimum atomic E-state index is 0.0484. The summed E-state index contributed by atoms with van der Waals surface area (Å²) in [5, 5.41) is 10.2. The smallest absolute Gasteiger partial charge is 0.257 e. The maximum Gasteiger partial charge on any atom is 0.257 e. The molecular weight excluding hydrogens is 440 g/mol. The van der Waals surface area contributed by atoms with Gasteiger partial charge in [-0.15, -0.1) is 21.5 Å². The summed E-state index contributed by atoms with van der Waals surface area (Å²) in [6.07, 6.45) is 0.867. The Balaban J connectivity index is 1.61. The van der Waals surface area contributed by atoms with E-state index < -0.39 is 0 Å². The van der Waals surface area contributed by atoms with Gasteiger partial charge in [-0.2, -0.15) is 0 Å². The molecule has 1 amide bonds. The molecule has 3 aromatic rings. The maximum absolute atomic E-state index is 12.8. The summed E-state index contributed by atoms with van der Waals surface area (Å²) in [5.74, 6) is 1.01. The van der Waals surface area contributed by atoms with Gasteiger partial charge < -0.3 is 9.32 Å². The quantitative estimate of drug-likeness (QED) is 0.470. The van der Waals surface area contributed by atoms with Crippen LogP contribution in [0.25, 0.3) is 10.8 Å². The average molecular weight is 463 g/mol. The van der Waals surface area contributed by atoms with E-state index in [1.807, 2.05) is 47.7 Å². The molecule has 2 heterocycles. The van der Waals surface area contributed by atoms with Gasteiger partial charge in [0.05, 0.1) is 18.0 Å². The van der Waals surface area contributed by atoms with Crippen molar-refractivity contribution < 1.29 is 9.21 Å². The van der Waals surface area contributed by atoms with Crippen LogP contribution in [-0.2, 0) is 17.9 Å². The second kappa shape index (κ2) is 9.95. The van der Waals surface area contributed by atoms with Crippen molar-refractivity contribution in [2.24, 2.45) is 0 Å². The van der Waals surface area contributed by atoms with Gasteiger partial charge >= 0.3 is 0 Å². The molecule has 0 fully saturated rings. The molecule has 28 heavy (non-hydrogen) atoms. The van der Waals surface area contributed by atoms with E-state index in [-0.39, 0.29) is 5.91 Å². The van der Waals surface area contributed by atoms with Gasteiger partial charge in [0.1, 0.15) is 0 Å². The Bertz CT molecular complexity index is 897. The number of hydrogen-bond donors (Lipinski definition) is 0. The lowest BCUT2D eigenvalue weighted by molar-refractivity contribution is -0.133. The molecular formula is C20H23BrN4O2S. The molecule has 0 saturated heterocycles. The summed E-state index contributed by atoms with van der Waals surface area (Å²) in [7, 11) is 1.95. The van der Waals surface area contributed by atoms with Crippen LogP contribution in [0.15, 0.2) is 50.7 Å². The standard InChI is InChI=1S/C20H23BrN4O2S/c1-3-10-25(13-18-22-23-20(27-18)17-9-6-11-28-17)19(26)14-24(2)12-15-7-4-5-8-16(15)21/h4-9,11H,3,10,12-14H2,1-2H3. The monoisotopic (exact) mass is 462 g/mol. The fourth-order valence-electron chi connectivity index (χ4n) is 2.85. The number of thiophene rings is 1. The third-order valence-electron chi connectivity index (χ3n) is 4.17. The molecule has 6 nitrogen and oxygen atoms in total. The van der Waals surface area contributed by atoms with Crippen molar-refractivity contribution in [3.63, 3.8) is 0 Å². The van der Waals surface area contributed by atoms with Crippen molar-refractivity contribution in [2.45, 2.75) is 26.4 Å². The summed E-state index contributed by atoms with van der Waals surface area (Å²) in [6, 6.07) is 11.9. The molecule has 0 saturated carbocycles. The third-order valence-corrected chi connectivity index (χ3v) is 5.81. The molecule has 0 aliphatic carbocycles. The van der Waals surface area contributed by atoms with Crippen LogP contribution in [0.1, 0.15) is 24.8 Å². The Morgan fingerprint density at radius 1 is 1.18 bits per heavy atom. The van der Waals surface area contributed by atoms with Crippen molar-refractivity contribution in [3.8, 4) is 10.8 Å². The Labute approximate surface area is 177 Å². The lowest BCUT2D eigenvalue weighted by Gasteiger charge is -2.24. The molecule has 0 bridgehead atoms. The number of rotatable bonds is 9. The zero-order chi connectivity index (χ0) is 19.9. The van der Waals surface area contributed by atoms with Gasteiger partial charge in [0.25, 0.3) is 5.89 Å². The molecule has 0 atom stereocenters. The number of aromatic nitrogens is 2. The number of likely N-dealkylation sites (N-methyl/N-ethyl adjacent to an activating group) is 1. The van der Waals surface area contributed by atoms with Crippen molar-refractivity contribution in [2.75, 3.05) is 20.1 Å². The van der Waals surface area contributed by atoms with Crippen molar-refractivity contribution in [1.82, 2.24) is 20.0 Å². The van der Waals surface area contributed by atoms with Gasteiger partial charge in [-0.3, -0.25) is 9.69 Å². The molecule has 0 N–H and O–H groups in total. The van der Waals surface area contributed by atoms with E-state index >= 15 is 0 Å². The van der Waals surface area contributed by atoms with E-state index in [1.165, 1.54) is 0 Å². The van der Waals surface area contributed by atoms with Crippen LogP contribution in [0.2, 0.25) is 0 Å². The highest BCUT2D eigenvalue weighted by atomic mass is 79.9. The first-order chi connectivity index (χ1) is 13.6. The Hall–Kier alpha value is -2.03. The van der Waals surface area contributed by atoms with Crippen LogP contribution in [0.3, 0.4) is 0 Å². The van der Waals surface area contributed by atoms with E-state index in [0.717, 1.165) is 21.3 Å². The molecule has 0 unspecified atom stereocenters. The molecule has 8 heteroatoms.